The summed E-state index contributed by atoms with van der Waals surface area (Å²) in [6, 6.07) is 7.70. The third-order valence-electron chi connectivity index (χ3n) is 3.15. The fraction of sp³-hybridized carbons (Fsp3) is 0.444. The Hall–Kier alpha value is -1.29. The predicted molar refractivity (Wildman–Crippen MR) is 121 cm³/mol. The molecule has 1 aromatic rings. The molecule has 0 aliphatic heterocycles. The van der Waals surface area contributed by atoms with Gasteiger partial charge in [-0.3, -0.25) is 4.79 Å². The van der Waals surface area contributed by atoms with Gasteiger partial charge in [-0.25, -0.2) is 4.99 Å². The van der Waals surface area contributed by atoms with Crippen LogP contribution in [0, 0.1) is 0 Å². The normalized spacial score (nSPS) is 11.8. The van der Waals surface area contributed by atoms with Crippen molar-refractivity contribution in [1.82, 2.24) is 15.5 Å². The van der Waals surface area contributed by atoms with Crippen molar-refractivity contribution in [2.24, 2.45) is 4.99 Å². The van der Waals surface area contributed by atoms with Crippen LogP contribution < -0.4 is 15.4 Å². The monoisotopic (exact) mass is 538 g/mol. The number of ether oxygens (including phenoxy) is 1. The second kappa shape index (κ2) is 13.0. The van der Waals surface area contributed by atoms with Crippen molar-refractivity contribution < 1.29 is 9.53 Å². The van der Waals surface area contributed by atoms with Gasteiger partial charge in [-0.1, -0.05) is 24.3 Å². The Kier molecular flexibility index (Phi) is 12.3. The second-order valence-corrected chi connectivity index (χ2v) is 6.86. The molecule has 1 aromatic carbocycles. The molecule has 0 saturated carbocycles. The van der Waals surface area contributed by atoms with E-state index in [1.807, 2.05) is 38.1 Å². The Morgan fingerprint density at radius 2 is 2.00 bits per heavy atom. The van der Waals surface area contributed by atoms with Crippen molar-refractivity contribution in [3.8, 4) is 5.75 Å². The van der Waals surface area contributed by atoms with Gasteiger partial charge in [0.1, 0.15) is 18.4 Å². The number of nitrogens with zero attached hydrogens (tertiary/aromatic N) is 2. The zero-order valence-corrected chi connectivity index (χ0v) is 19.6. The van der Waals surface area contributed by atoms with E-state index in [2.05, 4.69) is 38.1 Å². The number of para-hydroxylation sites is 1. The zero-order valence-electron chi connectivity index (χ0n) is 15.7. The summed E-state index contributed by atoms with van der Waals surface area (Å²) in [6.07, 6.45) is -0.0833. The van der Waals surface area contributed by atoms with Crippen LogP contribution in [-0.4, -0.2) is 56.6 Å². The van der Waals surface area contributed by atoms with Crippen LogP contribution in [0.15, 0.2) is 45.9 Å². The number of rotatable bonds is 8. The first-order valence-corrected chi connectivity index (χ1v) is 8.86. The van der Waals surface area contributed by atoms with Crippen molar-refractivity contribution in [2.75, 3.05) is 33.7 Å². The number of aliphatic imine (C=N–C) groups is 1. The van der Waals surface area contributed by atoms with Crippen molar-refractivity contribution >= 4 is 51.8 Å². The minimum Gasteiger partial charge on any atom is -0.488 e. The number of benzene rings is 1. The van der Waals surface area contributed by atoms with Crippen molar-refractivity contribution in [2.45, 2.75) is 20.0 Å². The van der Waals surface area contributed by atoms with Gasteiger partial charge >= 0.3 is 0 Å². The topological polar surface area (TPSA) is 66.0 Å². The lowest BCUT2D eigenvalue weighted by Gasteiger charge is -2.19. The van der Waals surface area contributed by atoms with Crippen LogP contribution in [0.25, 0.3) is 0 Å². The van der Waals surface area contributed by atoms with Gasteiger partial charge in [0, 0.05) is 20.6 Å². The van der Waals surface area contributed by atoms with E-state index < -0.39 is 0 Å². The number of hydrogen-bond donors (Lipinski definition) is 2. The Morgan fingerprint density at radius 1 is 1.35 bits per heavy atom. The molecule has 1 rings (SSSR count). The molecule has 0 radical (unpaired) electrons. The standard InChI is InChI=1S/C18H27BrN4O2.HI/c1-13(2)10-20-18(22-12-17(24)23(4)5)21-11-14(3)25-16-9-7-6-8-15(16)19;/h6-9,14H,1,10-12H2,2-5H3,(H2,20,21,22);1H. The maximum Gasteiger partial charge on any atom is 0.243 e. The second-order valence-electron chi connectivity index (χ2n) is 6.00. The van der Waals surface area contributed by atoms with Crippen molar-refractivity contribution in [3.63, 3.8) is 0 Å². The van der Waals surface area contributed by atoms with Crippen LogP contribution in [-0.2, 0) is 4.79 Å². The molecule has 146 valence electrons. The molecule has 1 amide bonds. The van der Waals surface area contributed by atoms with Crippen molar-refractivity contribution in [3.05, 3.63) is 40.9 Å². The fourth-order valence-corrected chi connectivity index (χ4v) is 2.11. The highest BCUT2D eigenvalue weighted by Gasteiger charge is 2.09. The first-order valence-electron chi connectivity index (χ1n) is 8.07. The van der Waals surface area contributed by atoms with Gasteiger partial charge in [0.05, 0.1) is 11.0 Å². The molecule has 2 N–H and O–H groups in total. The van der Waals surface area contributed by atoms with Crippen LogP contribution in [0.2, 0.25) is 0 Å². The molecule has 1 unspecified atom stereocenters. The Balaban J connectivity index is 0.00000625. The fourth-order valence-electron chi connectivity index (χ4n) is 1.74. The van der Waals surface area contributed by atoms with E-state index in [0.29, 0.717) is 19.0 Å². The third-order valence-corrected chi connectivity index (χ3v) is 3.81. The van der Waals surface area contributed by atoms with E-state index >= 15 is 0 Å². The van der Waals surface area contributed by atoms with Gasteiger partial charge in [-0.15, -0.1) is 24.0 Å². The molecule has 0 fully saturated rings. The predicted octanol–water partition coefficient (Wildman–Crippen LogP) is 3.03. The summed E-state index contributed by atoms with van der Waals surface area (Å²) in [5, 5.41) is 6.34. The number of likely N-dealkylation sites (N-methyl/N-ethyl adjacent to an activating group) is 1. The summed E-state index contributed by atoms with van der Waals surface area (Å²) in [6.45, 7) is 8.96. The molecule has 0 bridgehead atoms. The summed E-state index contributed by atoms with van der Waals surface area (Å²) >= 11 is 3.47. The number of guanidine groups is 1. The van der Waals surface area contributed by atoms with E-state index in [-0.39, 0.29) is 42.5 Å². The molecule has 0 saturated heterocycles. The zero-order chi connectivity index (χ0) is 18.8. The van der Waals surface area contributed by atoms with Gasteiger partial charge < -0.3 is 20.3 Å². The Bertz CT molecular complexity index is 623. The summed E-state index contributed by atoms with van der Waals surface area (Å²) in [5.74, 6) is 1.28. The van der Waals surface area contributed by atoms with Crippen LogP contribution in [0.5, 0.6) is 5.75 Å². The lowest BCUT2D eigenvalue weighted by molar-refractivity contribution is -0.127. The van der Waals surface area contributed by atoms with E-state index in [9.17, 15) is 4.79 Å². The van der Waals surface area contributed by atoms with Gasteiger partial charge in [0.2, 0.25) is 5.91 Å². The molecular weight excluding hydrogens is 511 g/mol. The quantitative estimate of drug-likeness (QED) is 0.231. The summed E-state index contributed by atoms with van der Waals surface area (Å²) < 4.78 is 6.81. The minimum atomic E-state index is -0.0833. The Morgan fingerprint density at radius 3 is 2.58 bits per heavy atom. The van der Waals surface area contributed by atoms with Gasteiger partial charge in [0.25, 0.3) is 0 Å². The largest absolute Gasteiger partial charge is 0.488 e. The molecule has 0 heterocycles. The van der Waals surface area contributed by atoms with E-state index in [1.54, 1.807) is 14.1 Å². The molecular formula is C18H28BrIN4O2. The number of nitrogens with one attached hydrogen (secondary N) is 2. The average Bonchev–Trinajstić information content (AvgIpc) is 2.55. The number of carbonyl (C=O) groups excluding carboxylic acids is 1. The highest BCUT2D eigenvalue weighted by atomic mass is 127. The van der Waals surface area contributed by atoms with Crippen LogP contribution >= 0.6 is 39.9 Å². The maximum atomic E-state index is 11.7. The van der Waals surface area contributed by atoms with E-state index in [1.165, 1.54) is 4.90 Å². The highest BCUT2D eigenvalue weighted by molar-refractivity contribution is 14.0. The molecule has 8 heteroatoms. The number of halogens is 2. The van der Waals surface area contributed by atoms with Gasteiger partial charge in [0.15, 0.2) is 5.96 Å². The van der Waals surface area contributed by atoms with E-state index in [0.717, 1.165) is 15.8 Å². The van der Waals surface area contributed by atoms with Crippen molar-refractivity contribution in [1.29, 1.82) is 0 Å². The molecule has 1 atom stereocenters. The summed E-state index contributed by atoms with van der Waals surface area (Å²) in [7, 11) is 3.42. The van der Waals surface area contributed by atoms with Crippen LogP contribution in [0.1, 0.15) is 13.8 Å². The van der Waals surface area contributed by atoms with Gasteiger partial charge in [-0.05, 0) is 41.9 Å². The first-order chi connectivity index (χ1) is 11.8. The lowest BCUT2D eigenvalue weighted by Crippen LogP contribution is -2.43. The molecule has 0 aliphatic rings. The first kappa shape index (κ1) is 24.7. The lowest BCUT2D eigenvalue weighted by atomic mass is 10.3. The summed E-state index contributed by atoms with van der Waals surface area (Å²) in [5.41, 5.74) is 0.978. The van der Waals surface area contributed by atoms with E-state index in [4.69, 9.17) is 4.74 Å². The maximum absolute atomic E-state index is 11.7. The molecule has 0 aromatic heterocycles. The molecule has 0 aliphatic carbocycles. The SMILES string of the molecule is C=C(C)CNC(=NCC(=O)N(C)C)NCC(C)Oc1ccccc1Br.I. The number of hydrogen-bond acceptors (Lipinski definition) is 3. The van der Waals surface area contributed by atoms with Crippen LogP contribution in [0.4, 0.5) is 0 Å². The number of amides is 1. The average molecular weight is 539 g/mol. The molecule has 26 heavy (non-hydrogen) atoms. The summed E-state index contributed by atoms with van der Waals surface area (Å²) in [4.78, 5) is 17.5. The highest BCUT2D eigenvalue weighted by Crippen LogP contribution is 2.24. The third kappa shape index (κ3) is 10.0. The smallest absolute Gasteiger partial charge is 0.243 e. The van der Waals surface area contributed by atoms with Crippen LogP contribution in [0.3, 0.4) is 0 Å². The molecule has 0 spiro atoms. The minimum absolute atomic E-state index is 0. The molecule has 6 nitrogen and oxygen atoms in total. The number of carbonyl (C=O) groups is 1. The Labute approximate surface area is 181 Å². The van der Waals surface area contributed by atoms with Gasteiger partial charge in [-0.2, -0.15) is 0 Å².